The Balaban J connectivity index is 1.64. The molecular formula is C19H15N3O2S. The SMILES string of the molecule is O=C(c1ccc2scnc2c1)N(Cc1ccccn1)Cc1ccco1. The van der Waals surface area contributed by atoms with E-state index in [4.69, 9.17) is 4.42 Å². The van der Waals surface area contributed by atoms with Crippen molar-refractivity contribution in [2.45, 2.75) is 13.1 Å². The molecule has 1 aromatic carbocycles. The molecule has 0 aliphatic heterocycles. The Labute approximate surface area is 148 Å². The fraction of sp³-hybridized carbons (Fsp3) is 0.105. The number of amides is 1. The van der Waals surface area contributed by atoms with Gasteiger partial charge in [-0.1, -0.05) is 6.07 Å². The minimum absolute atomic E-state index is 0.0723. The fourth-order valence-corrected chi connectivity index (χ4v) is 3.31. The highest BCUT2D eigenvalue weighted by molar-refractivity contribution is 7.16. The Kier molecular flexibility index (Phi) is 4.26. The summed E-state index contributed by atoms with van der Waals surface area (Å²) in [5.41, 5.74) is 4.07. The van der Waals surface area contributed by atoms with Gasteiger partial charge < -0.3 is 9.32 Å². The zero-order valence-electron chi connectivity index (χ0n) is 13.3. The molecule has 4 rings (SSSR count). The standard InChI is InChI=1S/C19H15N3O2S/c23-19(14-6-7-18-17(10-14)21-13-25-18)22(12-16-5-3-9-24-16)11-15-4-1-2-8-20-15/h1-10,13H,11-12H2. The molecule has 0 aliphatic rings. The first-order valence-electron chi connectivity index (χ1n) is 7.84. The van der Waals surface area contributed by atoms with Crippen molar-refractivity contribution in [3.63, 3.8) is 0 Å². The summed E-state index contributed by atoms with van der Waals surface area (Å²) in [6.45, 7) is 0.799. The molecule has 4 aromatic rings. The van der Waals surface area contributed by atoms with Gasteiger partial charge in [0.15, 0.2) is 0 Å². The van der Waals surface area contributed by atoms with E-state index in [9.17, 15) is 4.79 Å². The van der Waals surface area contributed by atoms with Gasteiger partial charge in [0, 0.05) is 11.8 Å². The van der Waals surface area contributed by atoms with Crippen LogP contribution in [0, 0.1) is 0 Å². The monoisotopic (exact) mass is 349 g/mol. The number of rotatable bonds is 5. The smallest absolute Gasteiger partial charge is 0.254 e. The summed E-state index contributed by atoms with van der Waals surface area (Å²) in [5, 5.41) is 0. The minimum Gasteiger partial charge on any atom is -0.467 e. The highest BCUT2D eigenvalue weighted by Crippen LogP contribution is 2.21. The number of furan rings is 1. The first-order chi connectivity index (χ1) is 12.3. The molecule has 25 heavy (non-hydrogen) atoms. The molecule has 0 aliphatic carbocycles. The largest absolute Gasteiger partial charge is 0.467 e. The van der Waals surface area contributed by atoms with Crippen LogP contribution in [-0.4, -0.2) is 20.8 Å². The van der Waals surface area contributed by atoms with Crippen LogP contribution in [0.5, 0.6) is 0 Å². The summed E-state index contributed by atoms with van der Waals surface area (Å²) in [7, 11) is 0. The van der Waals surface area contributed by atoms with Crippen LogP contribution in [0.25, 0.3) is 10.2 Å². The highest BCUT2D eigenvalue weighted by atomic mass is 32.1. The first-order valence-corrected chi connectivity index (χ1v) is 8.72. The van der Waals surface area contributed by atoms with Gasteiger partial charge in [-0.3, -0.25) is 9.78 Å². The van der Waals surface area contributed by atoms with Crippen molar-refractivity contribution in [3.05, 3.63) is 83.5 Å². The van der Waals surface area contributed by atoms with Crippen molar-refractivity contribution >= 4 is 27.5 Å². The van der Waals surface area contributed by atoms with Crippen LogP contribution < -0.4 is 0 Å². The van der Waals surface area contributed by atoms with E-state index in [0.29, 0.717) is 18.7 Å². The van der Waals surface area contributed by atoms with Crippen LogP contribution in [0.4, 0.5) is 0 Å². The third-order valence-electron chi connectivity index (χ3n) is 3.87. The number of hydrogen-bond donors (Lipinski definition) is 0. The molecule has 0 bridgehead atoms. The van der Waals surface area contributed by atoms with Crippen molar-refractivity contribution in [1.29, 1.82) is 0 Å². The molecule has 3 heterocycles. The van der Waals surface area contributed by atoms with E-state index in [0.717, 1.165) is 21.7 Å². The van der Waals surface area contributed by atoms with Crippen LogP contribution >= 0.6 is 11.3 Å². The van der Waals surface area contributed by atoms with Gasteiger partial charge in [0.2, 0.25) is 0 Å². The van der Waals surface area contributed by atoms with E-state index in [2.05, 4.69) is 9.97 Å². The van der Waals surface area contributed by atoms with Gasteiger partial charge in [-0.25, -0.2) is 4.98 Å². The second-order valence-electron chi connectivity index (χ2n) is 5.60. The second kappa shape index (κ2) is 6.86. The maximum Gasteiger partial charge on any atom is 0.254 e. The van der Waals surface area contributed by atoms with Crippen molar-refractivity contribution in [2.24, 2.45) is 0 Å². The lowest BCUT2D eigenvalue weighted by molar-refractivity contribution is 0.0715. The summed E-state index contributed by atoms with van der Waals surface area (Å²) in [4.78, 5) is 23.4. The average Bonchev–Trinajstić information content (AvgIpc) is 3.32. The van der Waals surface area contributed by atoms with Crippen molar-refractivity contribution in [3.8, 4) is 0 Å². The van der Waals surface area contributed by atoms with Gasteiger partial charge in [0.25, 0.3) is 5.91 Å². The van der Waals surface area contributed by atoms with Gasteiger partial charge in [0.1, 0.15) is 5.76 Å². The van der Waals surface area contributed by atoms with Gasteiger partial charge in [-0.15, -0.1) is 11.3 Å². The highest BCUT2D eigenvalue weighted by Gasteiger charge is 2.19. The van der Waals surface area contributed by atoms with Gasteiger partial charge >= 0.3 is 0 Å². The summed E-state index contributed by atoms with van der Waals surface area (Å²) in [6, 6.07) is 15.0. The molecule has 5 nitrogen and oxygen atoms in total. The van der Waals surface area contributed by atoms with Crippen molar-refractivity contribution < 1.29 is 9.21 Å². The molecule has 0 spiro atoms. The third kappa shape index (κ3) is 3.44. The van der Waals surface area contributed by atoms with Crippen LogP contribution in [0.15, 0.2) is 70.9 Å². The quantitative estimate of drug-likeness (QED) is 0.544. The van der Waals surface area contributed by atoms with Gasteiger partial charge in [-0.2, -0.15) is 0 Å². The molecule has 0 radical (unpaired) electrons. The Morgan fingerprint density at radius 3 is 2.84 bits per heavy atom. The van der Waals surface area contributed by atoms with Crippen LogP contribution in [0.2, 0.25) is 0 Å². The minimum atomic E-state index is -0.0723. The molecule has 1 amide bonds. The third-order valence-corrected chi connectivity index (χ3v) is 4.68. The molecule has 0 unspecified atom stereocenters. The molecular weight excluding hydrogens is 334 g/mol. The van der Waals surface area contributed by atoms with Crippen LogP contribution in [0.1, 0.15) is 21.8 Å². The predicted octanol–water partition coefficient (Wildman–Crippen LogP) is 4.13. The van der Waals surface area contributed by atoms with E-state index in [1.54, 1.807) is 34.2 Å². The number of carbonyl (C=O) groups is 1. The lowest BCUT2D eigenvalue weighted by atomic mass is 10.1. The second-order valence-corrected chi connectivity index (χ2v) is 6.48. The average molecular weight is 349 g/mol. The maximum atomic E-state index is 13.1. The Morgan fingerprint density at radius 1 is 1.08 bits per heavy atom. The molecule has 0 N–H and O–H groups in total. The molecule has 0 atom stereocenters. The lowest BCUT2D eigenvalue weighted by Gasteiger charge is -2.21. The first kappa shape index (κ1) is 15.5. The van der Waals surface area contributed by atoms with E-state index in [-0.39, 0.29) is 5.91 Å². The maximum absolute atomic E-state index is 13.1. The number of thiazole rings is 1. The van der Waals surface area contributed by atoms with E-state index in [1.165, 1.54) is 0 Å². The van der Waals surface area contributed by atoms with Crippen molar-refractivity contribution in [2.75, 3.05) is 0 Å². The normalized spacial score (nSPS) is 10.9. The van der Waals surface area contributed by atoms with Crippen LogP contribution in [-0.2, 0) is 13.1 Å². The van der Waals surface area contributed by atoms with Gasteiger partial charge in [-0.05, 0) is 42.5 Å². The summed E-state index contributed by atoms with van der Waals surface area (Å²) >= 11 is 1.56. The van der Waals surface area contributed by atoms with Crippen molar-refractivity contribution in [1.82, 2.24) is 14.9 Å². The Bertz CT molecular complexity index is 980. The summed E-state index contributed by atoms with van der Waals surface area (Å²) in [5.74, 6) is 0.663. The lowest BCUT2D eigenvalue weighted by Crippen LogP contribution is -2.30. The number of benzene rings is 1. The number of hydrogen-bond acceptors (Lipinski definition) is 5. The number of nitrogens with zero attached hydrogens (tertiary/aromatic N) is 3. The molecule has 6 heteroatoms. The zero-order chi connectivity index (χ0) is 17.1. The van der Waals surface area contributed by atoms with E-state index >= 15 is 0 Å². The molecule has 0 fully saturated rings. The summed E-state index contributed by atoms with van der Waals surface area (Å²) < 4.78 is 6.49. The number of pyridine rings is 1. The van der Waals surface area contributed by atoms with Crippen LogP contribution in [0.3, 0.4) is 0 Å². The molecule has 3 aromatic heterocycles. The Hall–Kier alpha value is -2.99. The van der Waals surface area contributed by atoms with E-state index < -0.39 is 0 Å². The van der Waals surface area contributed by atoms with Gasteiger partial charge in [0.05, 0.1) is 40.8 Å². The zero-order valence-corrected chi connectivity index (χ0v) is 14.1. The molecule has 0 saturated heterocycles. The Morgan fingerprint density at radius 2 is 2.04 bits per heavy atom. The molecule has 0 saturated carbocycles. The summed E-state index contributed by atoms with van der Waals surface area (Å²) in [6.07, 6.45) is 3.34. The molecule has 124 valence electrons. The topological polar surface area (TPSA) is 59.2 Å². The number of aromatic nitrogens is 2. The predicted molar refractivity (Wildman–Crippen MR) is 96.1 cm³/mol. The van der Waals surface area contributed by atoms with E-state index in [1.807, 2.05) is 48.5 Å². The number of fused-ring (bicyclic) bond motifs is 1. The fourth-order valence-electron chi connectivity index (χ4n) is 2.65. The number of carbonyl (C=O) groups excluding carboxylic acids is 1.